The molecule has 0 aromatic heterocycles. The molecule has 3 N–H and O–H groups in total. The van der Waals surface area contributed by atoms with Crippen LogP contribution >= 0.6 is 0 Å². The summed E-state index contributed by atoms with van der Waals surface area (Å²) in [4.78, 5) is 35.6. The minimum Gasteiger partial charge on any atom is -0.484 e. The predicted octanol–water partition coefficient (Wildman–Crippen LogP) is 1.86. The monoisotopic (exact) mass is 409 g/mol. The summed E-state index contributed by atoms with van der Waals surface area (Å²) in [6, 6.07) is 18.6. The second-order valence-electron chi connectivity index (χ2n) is 6.43. The molecule has 0 unspecified atom stereocenters. The van der Waals surface area contributed by atoms with Gasteiger partial charge in [-0.05, 0) is 40.6 Å². The summed E-state index contributed by atoms with van der Waals surface area (Å²) in [7, 11) is 0. The Morgan fingerprint density at radius 3 is 2.30 bits per heavy atom. The lowest BCUT2D eigenvalue weighted by Gasteiger charge is -2.10. The van der Waals surface area contributed by atoms with Crippen LogP contribution in [0.15, 0.2) is 66.7 Å². The van der Waals surface area contributed by atoms with Crippen LogP contribution in [0.25, 0.3) is 10.8 Å². The second kappa shape index (κ2) is 10.0. The Morgan fingerprint density at radius 1 is 0.800 bits per heavy atom. The van der Waals surface area contributed by atoms with E-state index in [-0.39, 0.29) is 25.5 Å². The summed E-state index contributed by atoms with van der Waals surface area (Å²) >= 11 is 0. The van der Waals surface area contributed by atoms with Crippen LogP contribution in [0.3, 0.4) is 0 Å². The molecule has 0 atom stereocenters. The van der Waals surface area contributed by atoms with Gasteiger partial charge in [0.2, 0.25) is 5.91 Å². The first kappa shape index (κ1) is 20.8. The number of benzene rings is 3. The molecule has 7 nitrogen and oxygen atoms in total. The first-order chi connectivity index (χ1) is 14.5. The summed E-state index contributed by atoms with van der Waals surface area (Å²) in [5.41, 5.74) is 5.21. The van der Waals surface area contributed by atoms with Crippen LogP contribution in [0.2, 0.25) is 0 Å². The Kier molecular flexibility index (Phi) is 6.94. The first-order valence-electron chi connectivity index (χ1n) is 9.20. The lowest BCUT2D eigenvalue weighted by atomic mass is 10.0. The standard InChI is InChI=1S/C22H20FN3O4/c23-17-8-10-18(11-9-17)30-14-22(29)26-25-21(28)13-24-20(27)12-16-6-3-5-15-4-1-2-7-19(15)16/h1-11H,12-14H2,(H,24,27)(H,25,28)(H,26,29). The molecule has 0 saturated heterocycles. The largest absolute Gasteiger partial charge is 0.484 e. The number of hydrogen-bond donors (Lipinski definition) is 3. The van der Waals surface area contributed by atoms with Crippen LogP contribution in [0, 0.1) is 5.82 Å². The van der Waals surface area contributed by atoms with E-state index in [1.54, 1.807) is 0 Å². The number of amides is 3. The van der Waals surface area contributed by atoms with Gasteiger partial charge in [0, 0.05) is 0 Å². The van der Waals surface area contributed by atoms with Crippen molar-refractivity contribution in [3.05, 3.63) is 78.1 Å². The number of ether oxygens (including phenoxy) is 1. The van der Waals surface area contributed by atoms with Gasteiger partial charge >= 0.3 is 0 Å². The van der Waals surface area contributed by atoms with E-state index in [2.05, 4.69) is 16.2 Å². The fraction of sp³-hybridized carbons (Fsp3) is 0.136. The number of halogens is 1. The van der Waals surface area contributed by atoms with E-state index in [0.29, 0.717) is 5.75 Å². The molecule has 0 radical (unpaired) electrons. The van der Waals surface area contributed by atoms with Crippen molar-refractivity contribution in [2.24, 2.45) is 0 Å². The van der Waals surface area contributed by atoms with Gasteiger partial charge in [-0.2, -0.15) is 0 Å². The number of fused-ring (bicyclic) bond motifs is 1. The Hall–Kier alpha value is -3.94. The van der Waals surface area contributed by atoms with Gasteiger partial charge in [0.1, 0.15) is 11.6 Å². The molecule has 0 aliphatic rings. The Labute approximate surface area is 172 Å². The summed E-state index contributed by atoms with van der Waals surface area (Å²) in [6.07, 6.45) is 0.131. The van der Waals surface area contributed by atoms with Crippen molar-refractivity contribution in [3.8, 4) is 5.75 Å². The third kappa shape index (κ3) is 6.03. The summed E-state index contributed by atoms with van der Waals surface area (Å²) < 4.78 is 18.0. The molecule has 0 saturated carbocycles. The quantitative estimate of drug-likeness (QED) is 0.519. The molecule has 3 rings (SSSR count). The predicted molar refractivity (Wildman–Crippen MR) is 109 cm³/mol. The Bertz CT molecular complexity index is 1050. The van der Waals surface area contributed by atoms with Crippen molar-refractivity contribution in [2.45, 2.75) is 6.42 Å². The molecule has 0 aliphatic heterocycles. The zero-order valence-electron chi connectivity index (χ0n) is 16.0. The minimum absolute atomic E-state index is 0.131. The Balaban J connectivity index is 1.38. The highest BCUT2D eigenvalue weighted by Gasteiger charge is 2.10. The number of hydrogen-bond acceptors (Lipinski definition) is 4. The fourth-order valence-electron chi connectivity index (χ4n) is 2.76. The summed E-state index contributed by atoms with van der Waals surface area (Å²) in [6.45, 7) is -0.651. The van der Waals surface area contributed by atoms with Crippen molar-refractivity contribution in [3.63, 3.8) is 0 Å². The summed E-state index contributed by atoms with van der Waals surface area (Å²) in [5.74, 6) is -1.60. The van der Waals surface area contributed by atoms with Crippen LogP contribution < -0.4 is 20.9 Å². The molecule has 0 heterocycles. The smallest absolute Gasteiger partial charge is 0.276 e. The normalized spacial score (nSPS) is 10.3. The lowest BCUT2D eigenvalue weighted by Crippen LogP contribution is -2.47. The van der Waals surface area contributed by atoms with E-state index >= 15 is 0 Å². The topological polar surface area (TPSA) is 96.5 Å². The molecular formula is C22H20FN3O4. The third-order valence-corrected chi connectivity index (χ3v) is 4.20. The second-order valence-corrected chi connectivity index (χ2v) is 6.43. The SMILES string of the molecule is O=C(Cc1cccc2ccccc12)NCC(=O)NNC(=O)COc1ccc(F)cc1. The Morgan fingerprint density at radius 2 is 1.50 bits per heavy atom. The minimum atomic E-state index is -0.602. The fourth-order valence-corrected chi connectivity index (χ4v) is 2.76. The van der Waals surface area contributed by atoms with Gasteiger partial charge in [-0.3, -0.25) is 25.2 Å². The van der Waals surface area contributed by atoms with Crippen molar-refractivity contribution in [1.29, 1.82) is 0 Å². The molecule has 154 valence electrons. The van der Waals surface area contributed by atoms with Crippen LogP contribution in [-0.4, -0.2) is 30.9 Å². The van der Waals surface area contributed by atoms with Gasteiger partial charge in [0.05, 0.1) is 13.0 Å². The van der Waals surface area contributed by atoms with E-state index in [9.17, 15) is 18.8 Å². The van der Waals surface area contributed by atoms with Gasteiger partial charge < -0.3 is 10.1 Å². The number of carbonyl (C=O) groups excluding carboxylic acids is 3. The summed E-state index contributed by atoms with van der Waals surface area (Å²) in [5, 5.41) is 4.53. The molecular weight excluding hydrogens is 389 g/mol. The van der Waals surface area contributed by atoms with Crippen molar-refractivity contribution in [2.75, 3.05) is 13.2 Å². The maximum atomic E-state index is 12.8. The number of hydrazine groups is 1. The van der Waals surface area contributed by atoms with Gasteiger partial charge in [0.25, 0.3) is 11.8 Å². The molecule has 30 heavy (non-hydrogen) atoms. The van der Waals surface area contributed by atoms with E-state index in [0.717, 1.165) is 16.3 Å². The number of nitrogens with one attached hydrogen (secondary N) is 3. The maximum Gasteiger partial charge on any atom is 0.276 e. The lowest BCUT2D eigenvalue weighted by molar-refractivity contribution is -0.130. The highest BCUT2D eigenvalue weighted by Crippen LogP contribution is 2.18. The van der Waals surface area contributed by atoms with Gasteiger partial charge in [-0.25, -0.2) is 4.39 Å². The molecule has 8 heteroatoms. The maximum absolute atomic E-state index is 12.8. The van der Waals surface area contributed by atoms with Crippen LogP contribution in [0.5, 0.6) is 5.75 Å². The zero-order valence-corrected chi connectivity index (χ0v) is 16.0. The third-order valence-electron chi connectivity index (χ3n) is 4.20. The molecule has 3 aromatic rings. The first-order valence-corrected chi connectivity index (χ1v) is 9.20. The number of rotatable bonds is 7. The van der Waals surface area contributed by atoms with Crippen molar-refractivity contribution in [1.82, 2.24) is 16.2 Å². The highest BCUT2D eigenvalue weighted by atomic mass is 19.1. The van der Waals surface area contributed by atoms with Crippen molar-refractivity contribution < 1.29 is 23.5 Å². The van der Waals surface area contributed by atoms with Crippen molar-refractivity contribution >= 4 is 28.5 Å². The van der Waals surface area contributed by atoms with E-state index in [4.69, 9.17) is 4.74 Å². The van der Waals surface area contributed by atoms with Crippen LogP contribution in [0.4, 0.5) is 4.39 Å². The average Bonchev–Trinajstić information content (AvgIpc) is 2.76. The van der Waals surface area contributed by atoms with Crippen LogP contribution in [-0.2, 0) is 20.8 Å². The molecule has 0 aliphatic carbocycles. The van der Waals surface area contributed by atoms with E-state index < -0.39 is 17.6 Å². The van der Waals surface area contributed by atoms with Crippen LogP contribution in [0.1, 0.15) is 5.56 Å². The molecule has 0 fully saturated rings. The van der Waals surface area contributed by atoms with E-state index in [1.165, 1.54) is 24.3 Å². The number of carbonyl (C=O) groups is 3. The highest BCUT2D eigenvalue weighted by molar-refractivity contribution is 5.92. The van der Waals surface area contributed by atoms with Gasteiger partial charge in [0.15, 0.2) is 6.61 Å². The van der Waals surface area contributed by atoms with E-state index in [1.807, 2.05) is 42.5 Å². The average molecular weight is 409 g/mol. The zero-order chi connectivity index (χ0) is 21.3. The molecule has 0 spiro atoms. The molecule has 3 aromatic carbocycles. The van der Waals surface area contributed by atoms with Gasteiger partial charge in [-0.15, -0.1) is 0 Å². The molecule has 3 amide bonds. The van der Waals surface area contributed by atoms with Gasteiger partial charge in [-0.1, -0.05) is 42.5 Å². The molecule has 0 bridgehead atoms.